The molecule has 6 heteroatoms. The molecule has 1 aliphatic carbocycles. The van der Waals surface area contributed by atoms with Crippen molar-refractivity contribution in [2.45, 2.75) is 32.0 Å². The number of hydrogen-bond acceptors (Lipinski definition) is 4. The van der Waals surface area contributed by atoms with E-state index in [4.69, 9.17) is 23.2 Å². The zero-order valence-corrected chi connectivity index (χ0v) is 14.1. The van der Waals surface area contributed by atoms with Crippen LogP contribution in [0, 0.1) is 0 Å². The van der Waals surface area contributed by atoms with E-state index in [-0.39, 0.29) is 0 Å². The van der Waals surface area contributed by atoms with Crippen LogP contribution in [0.5, 0.6) is 0 Å². The van der Waals surface area contributed by atoms with Crippen molar-refractivity contribution in [2.24, 2.45) is 0 Å². The molecule has 0 amide bonds. The van der Waals surface area contributed by atoms with Crippen molar-refractivity contribution in [3.05, 3.63) is 44.2 Å². The summed E-state index contributed by atoms with van der Waals surface area (Å²) < 4.78 is 0.816. The van der Waals surface area contributed by atoms with Crippen LogP contribution in [0.1, 0.15) is 23.3 Å². The van der Waals surface area contributed by atoms with Gasteiger partial charge in [-0.15, -0.1) is 11.3 Å². The van der Waals surface area contributed by atoms with Crippen LogP contribution in [-0.4, -0.2) is 18.1 Å². The van der Waals surface area contributed by atoms with Gasteiger partial charge in [-0.3, -0.25) is 0 Å². The lowest BCUT2D eigenvalue weighted by molar-refractivity contribution is 0.687. The molecular weight excluding hydrogens is 325 g/mol. The van der Waals surface area contributed by atoms with Crippen LogP contribution < -0.4 is 10.2 Å². The summed E-state index contributed by atoms with van der Waals surface area (Å²) in [6.45, 7) is 1.60. The molecule has 1 N–H and O–H groups in total. The predicted molar refractivity (Wildman–Crippen MR) is 90.5 cm³/mol. The fourth-order valence-electron chi connectivity index (χ4n) is 2.11. The highest BCUT2D eigenvalue weighted by Crippen LogP contribution is 2.26. The predicted octanol–water partition coefficient (Wildman–Crippen LogP) is 4.34. The Kier molecular flexibility index (Phi) is 4.69. The second-order valence-electron chi connectivity index (χ2n) is 5.35. The van der Waals surface area contributed by atoms with Crippen molar-refractivity contribution < 1.29 is 0 Å². The van der Waals surface area contributed by atoms with Crippen LogP contribution in [-0.2, 0) is 13.1 Å². The van der Waals surface area contributed by atoms with E-state index in [1.807, 2.05) is 13.1 Å². The summed E-state index contributed by atoms with van der Waals surface area (Å²) in [6, 6.07) is 6.71. The Hall–Kier alpha value is -0.810. The van der Waals surface area contributed by atoms with Gasteiger partial charge in [0, 0.05) is 30.7 Å². The zero-order valence-electron chi connectivity index (χ0n) is 11.8. The number of nitrogens with one attached hydrogen (secondary N) is 1. The molecule has 1 fully saturated rings. The molecule has 21 heavy (non-hydrogen) atoms. The topological polar surface area (TPSA) is 28.2 Å². The molecule has 0 radical (unpaired) electrons. The number of nitrogens with zero attached hydrogens (tertiary/aromatic N) is 2. The van der Waals surface area contributed by atoms with E-state index in [1.165, 1.54) is 17.7 Å². The fraction of sp³-hybridized carbons (Fsp3) is 0.400. The van der Waals surface area contributed by atoms with Gasteiger partial charge in [-0.25, -0.2) is 4.98 Å². The van der Waals surface area contributed by atoms with Gasteiger partial charge < -0.3 is 10.2 Å². The van der Waals surface area contributed by atoms with Gasteiger partial charge in [-0.1, -0.05) is 23.2 Å². The van der Waals surface area contributed by atoms with E-state index in [0.29, 0.717) is 6.04 Å². The lowest BCUT2D eigenvalue weighted by atomic mass is 10.2. The maximum Gasteiger partial charge on any atom is 0.128 e. The highest BCUT2D eigenvalue weighted by atomic mass is 35.5. The Morgan fingerprint density at radius 1 is 1.38 bits per heavy atom. The number of thiophene rings is 1. The second kappa shape index (κ2) is 6.53. The van der Waals surface area contributed by atoms with Gasteiger partial charge in [-0.2, -0.15) is 0 Å². The van der Waals surface area contributed by atoms with Crippen LogP contribution in [0.4, 0.5) is 5.82 Å². The number of anilines is 1. The first-order valence-corrected chi connectivity index (χ1v) is 8.52. The number of pyridine rings is 1. The van der Waals surface area contributed by atoms with Gasteiger partial charge in [0.15, 0.2) is 0 Å². The van der Waals surface area contributed by atoms with E-state index in [1.54, 1.807) is 17.5 Å². The van der Waals surface area contributed by atoms with Gasteiger partial charge in [0.2, 0.25) is 0 Å². The summed E-state index contributed by atoms with van der Waals surface area (Å²) in [6.07, 6.45) is 4.28. The maximum absolute atomic E-state index is 6.23. The minimum absolute atomic E-state index is 0.670. The van der Waals surface area contributed by atoms with Gasteiger partial charge in [0.1, 0.15) is 5.82 Å². The lowest BCUT2D eigenvalue weighted by Gasteiger charge is -2.18. The average Bonchev–Trinajstić information content (AvgIpc) is 3.20. The third-order valence-corrected chi connectivity index (χ3v) is 5.05. The smallest absolute Gasteiger partial charge is 0.128 e. The second-order valence-corrected chi connectivity index (χ2v) is 7.56. The first-order valence-electron chi connectivity index (χ1n) is 6.95. The maximum atomic E-state index is 6.23. The standard InChI is InChI=1S/C15H17Cl2N3S/c1-20(9-12-4-5-14(17)21-12)15-6-10(13(16)8-19-15)7-18-11-2-3-11/h4-6,8,11,18H,2-3,7,9H2,1H3. The Morgan fingerprint density at radius 3 is 2.86 bits per heavy atom. The Labute approximate surface area is 138 Å². The van der Waals surface area contributed by atoms with E-state index in [2.05, 4.69) is 27.3 Å². The minimum atomic E-state index is 0.670. The molecule has 0 aliphatic heterocycles. The van der Waals surface area contributed by atoms with Crippen molar-refractivity contribution >= 4 is 40.4 Å². The number of aromatic nitrogens is 1. The van der Waals surface area contributed by atoms with E-state index in [0.717, 1.165) is 33.8 Å². The van der Waals surface area contributed by atoms with Crippen molar-refractivity contribution in [3.8, 4) is 0 Å². The van der Waals surface area contributed by atoms with Crippen molar-refractivity contribution in [1.82, 2.24) is 10.3 Å². The molecule has 0 aromatic carbocycles. The molecule has 0 atom stereocenters. The molecule has 0 spiro atoms. The summed E-state index contributed by atoms with van der Waals surface area (Å²) in [7, 11) is 2.03. The molecule has 2 aromatic rings. The molecule has 2 aromatic heterocycles. The van der Waals surface area contributed by atoms with Crippen LogP contribution in [0.3, 0.4) is 0 Å². The number of rotatable bonds is 6. The molecule has 1 aliphatic rings. The molecule has 0 saturated heterocycles. The molecule has 0 bridgehead atoms. The van der Waals surface area contributed by atoms with Gasteiger partial charge in [0.05, 0.1) is 15.9 Å². The lowest BCUT2D eigenvalue weighted by Crippen LogP contribution is -2.19. The fourth-order valence-corrected chi connectivity index (χ4v) is 3.42. The quantitative estimate of drug-likeness (QED) is 0.847. The van der Waals surface area contributed by atoms with Gasteiger partial charge in [0.25, 0.3) is 0 Å². The van der Waals surface area contributed by atoms with Crippen molar-refractivity contribution in [2.75, 3.05) is 11.9 Å². The number of halogens is 2. The summed E-state index contributed by atoms with van der Waals surface area (Å²) in [5, 5.41) is 4.21. The van der Waals surface area contributed by atoms with Crippen LogP contribution in [0.2, 0.25) is 9.36 Å². The third-order valence-electron chi connectivity index (χ3n) is 3.49. The summed E-state index contributed by atoms with van der Waals surface area (Å²) >= 11 is 13.8. The third kappa shape index (κ3) is 4.10. The molecule has 2 heterocycles. The average molecular weight is 342 g/mol. The first-order chi connectivity index (χ1) is 10.1. The number of hydrogen-bond donors (Lipinski definition) is 1. The van der Waals surface area contributed by atoms with Crippen LogP contribution in [0.25, 0.3) is 0 Å². The molecule has 0 unspecified atom stereocenters. The molecule has 1 saturated carbocycles. The zero-order chi connectivity index (χ0) is 14.8. The Bertz CT molecular complexity index is 625. The van der Waals surface area contributed by atoms with Gasteiger partial charge >= 0.3 is 0 Å². The summed E-state index contributed by atoms with van der Waals surface area (Å²) in [5.41, 5.74) is 1.10. The van der Waals surface area contributed by atoms with Crippen molar-refractivity contribution in [1.29, 1.82) is 0 Å². The highest BCUT2D eigenvalue weighted by Gasteiger charge is 2.20. The molecular formula is C15H17Cl2N3S. The summed E-state index contributed by atoms with van der Waals surface area (Å²) in [5.74, 6) is 0.927. The monoisotopic (exact) mass is 341 g/mol. The van der Waals surface area contributed by atoms with Crippen molar-refractivity contribution in [3.63, 3.8) is 0 Å². The SMILES string of the molecule is CN(Cc1ccc(Cl)s1)c1cc(CNC2CC2)c(Cl)cn1. The minimum Gasteiger partial charge on any atom is -0.355 e. The largest absolute Gasteiger partial charge is 0.355 e. The first kappa shape index (κ1) is 15.1. The van der Waals surface area contributed by atoms with E-state index >= 15 is 0 Å². The van der Waals surface area contributed by atoms with Crippen LogP contribution in [0.15, 0.2) is 24.4 Å². The van der Waals surface area contributed by atoms with E-state index < -0.39 is 0 Å². The Morgan fingerprint density at radius 2 is 2.19 bits per heavy atom. The molecule has 3 nitrogen and oxygen atoms in total. The van der Waals surface area contributed by atoms with E-state index in [9.17, 15) is 0 Å². The summed E-state index contributed by atoms with van der Waals surface area (Å²) in [4.78, 5) is 7.75. The van der Waals surface area contributed by atoms with Crippen LogP contribution >= 0.6 is 34.5 Å². The highest BCUT2D eigenvalue weighted by molar-refractivity contribution is 7.16. The van der Waals surface area contributed by atoms with Gasteiger partial charge in [-0.05, 0) is 36.6 Å². The molecule has 3 rings (SSSR count). The molecule has 112 valence electrons. The normalized spacial score (nSPS) is 14.4. The Balaban J connectivity index is 1.69.